The first-order valence-electron chi connectivity index (χ1n) is 7.66. The van der Waals surface area contributed by atoms with Gasteiger partial charge in [-0.2, -0.15) is 0 Å². The summed E-state index contributed by atoms with van der Waals surface area (Å²) in [6.45, 7) is 5.66. The molecule has 7 heteroatoms. The van der Waals surface area contributed by atoms with E-state index in [4.69, 9.17) is 15.2 Å². The van der Waals surface area contributed by atoms with Crippen molar-refractivity contribution in [3.05, 3.63) is 0 Å². The molecule has 1 saturated carbocycles. The number of nitrogens with one attached hydrogen (secondary N) is 1. The highest BCUT2D eigenvalue weighted by atomic mass is 16.6. The lowest BCUT2D eigenvalue weighted by Crippen LogP contribution is -2.43. The minimum atomic E-state index is -0.748. The molecule has 1 rings (SSSR count). The van der Waals surface area contributed by atoms with Crippen LogP contribution in [0.5, 0.6) is 0 Å². The Morgan fingerprint density at radius 1 is 1.23 bits per heavy atom. The molecule has 1 aliphatic carbocycles. The van der Waals surface area contributed by atoms with Gasteiger partial charge in [-0.25, -0.2) is 4.79 Å². The molecule has 0 unspecified atom stereocenters. The zero-order chi connectivity index (χ0) is 16.8. The van der Waals surface area contributed by atoms with Crippen molar-refractivity contribution in [1.82, 2.24) is 5.32 Å². The Morgan fingerprint density at radius 3 is 2.32 bits per heavy atom. The van der Waals surface area contributed by atoms with E-state index in [0.29, 0.717) is 0 Å². The van der Waals surface area contributed by atoms with Crippen LogP contribution in [0.4, 0.5) is 4.79 Å². The zero-order valence-electron chi connectivity index (χ0n) is 13.9. The lowest BCUT2D eigenvalue weighted by molar-refractivity contribution is -0.144. The summed E-state index contributed by atoms with van der Waals surface area (Å²) in [5, 5.41) is 2.87. The Kier molecular flexibility index (Phi) is 7.09. The molecule has 0 aromatic heterocycles. The number of nitrogens with two attached hydrogens (primary N) is 1. The highest BCUT2D eigenvalue weighted by Gasteiger charge is 2.26. The van der Waals surface area contributed by atoms with Gasteiger partial charge in [0.2, 0.25) is 0 Å². The van der Waals surface area contributed by atoms with E-state index in [1.165, 1.54) is 7.11 Å². The molecular formula is C15H28N2O5. The van der Waals surface area contributed by atoms with E-state index in [1.807, 2.05) is 20.8 Å². The fourth-order valence-corrected chi connectivity index (χ4v) is 2.31. The van der Waals surface area contributed by atoms with Crippen LogP contribution in [0.15, 0.2) is 0 Å². The molecule has 22 heavy (non-hydrogen) atoms. The molecule has 0 radical (unpaired) electrons. The van der Waals surface area contributed by atoms with Crippen molar-refractivity contribution in [2.45, 2.75) is 70.2 Å². The highest BCUT2D eigenvalue weighted by molar-refractivity contribution is 5.75. The molecule has 128 valence electrons. The molecule has 0 aromatic rings. The van der Waals surface area contributed by atoms with Gasteiger partial charge in [-0.3, -0.25) is 4.79 Å². The van der Waals surface area contributed by atoms with Gasteiger partial charge in [-0.15, -0.1) is 0 Å². The first-order valence-corrected chi connectivity index (χ1v) is 7.66. The number of hydrogen-bond donors (Lipinski definition) is 2. The van der Waals surface area contributed by atoms with Gasteiger partial charge in [0, 0.05) is 6.04 Å². The maximum Gasteiger partial charge on any atom is 0.407 e. The van der Waals surface area contributed by atoms with Crippen LogP contribution in [0.2, 0.25) is 0 Å². The van der Waals surface area contributed by atoms with Gasteiger partial charge in [0.05, 0.1) is 19.8 Å². The molecule has 0 bridgehead atoms. The number of hydrogen-bond acceptors (Lipinski definition) is 6. The van der Waals surface area contributed by atoms with E-state index in [-0.39, 0.29) is 24.8 Å². The Balaban J connectivity index is 2.23. The molecule has 0 aromatic carbocycles. The van der Waals surface area contributed by atoms with Crippen molar-refractivity contribution in [3.63, 3.8) is 0 Å². The first kappa shape index (κ1) is 18.7. The second-order valence-corrected chi connectivity index (χ2v) is 6.58. The Labute approximate surface area is 131 Å². The highest BCUT2D eigenvalue weighted by Crippen LogP contribution is 2.21. The first-order chi connectivity index (χ1) is 10.2. The number of ether oxygens (including phenoxy) is 3. The zero-order valence-corrected chi connectivity index (χ0v) is 13.9. The summed E-state index contributed by atoms with van der Waals surface area (Å²) < 4.78 is 15.4. The predicted octanol–water partition coefficient (Wildman–Crippen LogP) is 1.34. The third-order valence-electron chi connectivity index (χ3n) is 3.41. The van der Waals surface area contributed by atoms with E-state index in [9.17, 15) is 9.59 Å². The van der Waals surface area contributed by atoms with Gasteiger partial charge >= 0.3 is 12.1 Å². The minimum Gasteiger partial charge on any atom is -0.468 e. The number of esters is 1. The number of carbonyl (C=O) groups is 2. The van der Waals surface area contributed by atoms with E-state index in [0.717, 1.165) is 25.7 Å². The molecule has 1 aliphatic rings. The molecular weight excluding hydrogens is 288 g/mol. The fraction of sp³-hybridized carbons (Fsp3) is 0.867. The Hall–Kier alpha value is -1.34. The number of methoxy groups -OCH3 is 1. The van der Waals surface area contributed by atoms with E-state index in [1.54, 1.807) is 0 Å². The van der Waals surface area contributed by atoms with Crippen molar-refractivity contribution in [3.8, 4) is 0 Å². The second kappa shape index (κ2) is 8.33. The van der Waals surface area contributed by atoms with Gasteiger partial charge in [-0.05, 0) is 46.5 Å². The molecule has 0 saturated heterocycles. The van der Waals surface area contributed by atoms with Gasteiger partial charge in [-0.1, -0.05) is 0 Å². The van der Waals surface area contributed by atoms with Crippen molar-refractivity contribution in [2.24, 2.45) is 5.73 Å². The van der Waals surface area contributed by atoms with Gasteiger partial charge in [0.15, 0.2) is 0 Å². The molecule has 0 spiro atoms. The average molecular weight is 316 g/mol. The third kappa shape index (κ3) is 7.09. The normalized spacial score (nSPS) is 23.5. The molecule has 1 fully saturated rings. The largest absolute Gasteiger partial charge is 0.468 e. The average Bonchev–Trinajstić information content (AvgIpc) is 2.43. The Bertz CT molecular complexity index is 373. The molecule has 1 amide bonds. The van der Waals surface area contributed by atoms with Crippen LogP contribution in [0.1, 0.15) is 46.5 Å². The van der Waals surface area contributed by atoms with E-state index >= 15 is 0 Å². The number of amides is 1. The van der Waals surface area contributed by atoms with Crippen LogP contribution >= 0.6 is 0 Å². The molecule has 3 N–H and O–H groups in total. The summed E-state index contributed by atoms with van der Waals surface area (Å²) >= 11 is 0. The van der Waals surface area contributed by atoms with Crippen molar-refractivity contribution in [2.75, 3.05) is 13.7 Å². The quantitative estimate of drug-likeness (QED) is 0.742. The lowest BCUT2D eigenvalue weighted by atomic mass is 9.93. The van der Waals surface area contributed by atoms with Crippen LogP contribution in [0.25, 0.3) is 0 Å². The van der Waals surface area contributed by atoms with Gasteiger partial charge in [0.1, 0.15) is 11.6 Å². The van der Waals surface area contributed by atoms with Crippen LogP contribution < -0.4 is 11.1 Å². The van der Waals surface area contributed by atoms with Gasteiger partial charge < -0.3 is 25.3 Å². The third-order valence-corrected chi connectivity index (χ3v) is 3.41. The van der Waals surface area contributed by atoms with Crippen LogP contribution in [-0.2, 0) is 19.0 Å². The van der Waals surface area contributed by atoms with Gasteiger partial charge in [0.25, 0.3) is 0 Å². The maximum atomic E-state index is 11.7. The monoisotopic (exact) mass is 316 g/mol. The summed E-state index contributed by atoms with van der Waals surface area (Å²) in [5.74, 6) is -0.472. The summed E-state index contributed by atoms with van der Waals surface area (Å²) in [7, 11) is 1.30. The van der Waals surface area contributed by atoms with Crippen LogP contribution in [0, 0.1) is 0 Å². The molecule has 0 aliphatic heterocycles. The van der Waals surface area contributed by atoms with Crippen LogP contribution in [0.3, 0.4) is 0 Å². The Morgan fingerprint density at radius 2 is 1.82 bits per heavy atom. The van der Waals surface area contributed by atoms with E-state index < -0.39 is 17.6 Å². The second-order valence-electron chi connectivity index (χ2n) is 6.58. The molecule has 0 heterocycles. The lowest BCUT2D eigenvalue weighted by Gasteiger charge is -2.30. The molecule has 7 nitrogen and oxygen atoms in total. The molecule has 1 atom stereocenters. The van der Waals surface area contributed by atoms with Crippen molar-refractivity contribution >= 4 is 12.1 Å². The topological polar surface area (TPSA) is 99.9 Å². The SMILES string of the molecule is COC(=O)[C@@H](N)COC1CCC(NC(=O)OC(C)(C)C)CC1. The summed E-state index contributed by atoms with van der Waals surface area (Å²) in [5.41, 5.74) is 5.13. The van der Waals surface area contributed by atoms with Crippen molar-refractivity contribution < 1.29 is 23.8 Å². The predicted molar refractivity (Wildman–Crippen MR) is 81.4 cm³/mol. The summed E-state index contributed by atoms with van der Waals surface area (Å²) in [6.07, 6.45) is 2.94. The number of carbonyl (C=O) groups excluding carboxylic acids is 2. The summed E-state index contributed by atoms with van der Waals surface area (Å²) in [6, 6.07) is -0.647. The van der Waals surface area contributed by atoms with Crippen LogP contribution in [-0.4, -0.2) is 49.6 Å². The standard InChI is InChI=1S/C15H28N2O5/c1-15(2,3)22-14(19)17-10-5-7-11(8-6-10)21-9-12(16)13(18)20-4/h10-12H,5-9,16H2,1-4H3,(H,17,19)/t10?,11?,12-/m0/s1. The smallest absolute Gasteiger partial charge is 0.407 e. The van der Waals surface area contributed by atoms with E-state index in [2.05, 4.69) is 10.1 Å². The fourth-order valence-electron chi connectivity index (χ4n) is 2.31. The van der Waals surface area contributed by atoms with Crippen molar-refractivity contribution in [1.29, 1.82) is 0 Å². The maximum absolute atomic E-state index is 11.7. The minimum absolute atomic E-state index is 0.0624. The number of alkyl carbamates (subject to hydrolysis) is 1. The number of rotatable bonds is 5. The summed E-state index contributed by atoms with van der Waals surface area (Å²) in [4.78, 5) is 22.9.